The number of nitrogens with zero attached hydrogens (tertiary/aromatic N) is 2. The molecule has 1 saturated carbocycles. The fourth-order valence-corrected chi connectivity index (χ4v) is 3.32. The highest BCUT2D eigenvalue weighted by molar-refractivity contribution is 5.84. The Labute approximate surface area is 135 Å². The highest BCUT2D eigenvalue weighted by Crippen LogP contribution is 2.37. The number of aryl methyl sites for hydroxylation is 2. The number of oxazole rings is 1. The zero-order valence-corrected chi connectivity index (χ0v) is 13.5. The van der Waals surface area contributed by atoms with Crippen molar-refractivity contribution in [1.82, 2.24) is 15.2 Å². The average Bonchev–Trinajstić information content (AvgIpc) is 3.15. The van der Waals surface area contributed by atoms with Gasteiger partial charge in [-0.3, -0.25) is 14.5 Å². The Morgan fingerprint density at radius 1 is 1.30 bits per heavy atom. The van der Waals surface area contributed by atoms with Crippen molar-refractivity contribution in [3.05, 3.63) is 17.3 Å². The number of carboxylic acid groups (broad SMARTS) is 1. The number of hydrogen-bond donors (Lipinski definition) is 2. The van der Waals surface area contributed by atoms with Gasteiger partial charge in [0.1, 0.15) is 11.8 Å². The summed E-state index contributed by atoms with van der Waals surface area (Å²) in [6.45, 7) is 4.12. The number of amides is 1. The van der Waals surface area contributed by atoms with E-state index in [-0.39, 0.29) is 18.0 Å². The number of rotatable bonds is 6. The van der Waals surface area contributed by atoms with E-state index in [2.05, 4.69) is 10.3 Å². The molecule has 1 amide bonds. The monoisotopic (exact) mass is 321 g/mol. The highest BCUT2D eigenvalue weighted by Gasteiger charge is 2.48. The number of hydrogen-bond acceptors (Lipinski definition) is 5. The number of aliphatic carboxylic acids is 1. The SMILES string of the molecule is CCc1nc(C)c(CNC(=O)C2CCC(C(=O)O)N2C2CC2)o1. The normalized spacial score (nSPS) is 24.8. The first-order valence-electron chi connectivity index (χ1n) is 8.24. The van der Waals surface area contributed by atoms with Crippen molar-refractivity contribution >= 4 is 11.9 Å². The Hall–Kier alpha value is -1.89. The van der Waals surface area contributed by atoms with Crippen LogP contribution in [-0.4, -0.2) is 45.0 Å². The van der Waals surface area contributed by atoms with Crippen molar-refractivity contribution in [2.45, 2.75) is 70.6 Å². The van der Waals surface area contributed by atoms with Crippen LogP contribution in [0.5, 0.6) is 0 Å². The van der Waals surface area contributed by atoms with Crippen LogP contribution < -0.4 is 5.32 Å². The molecule has 1 aliphatic heterocycles. The van der Waals surface area contributed by atoms with E-state index in [0.717, 1.165) is 18.5 Å². The minimum absolute atomic E-state index is 0.116. The van der Waals surface area contributed by atoms with Crippen LogP contribution in [-0.2, 0) is 22.6 Å². The molecule has 23 heavy (non-hydrogen) atoms. The maximum absolute atomic E-state index is 12.5. The summed E-state index contributed by atoms with van der Waals surface area (Å²) < 4.78 is 5.59. The molecule has 3 rings (SSSR count). The summed E-state index contributed by atoms with van der Waals surface area (Å²) in [4.78, 5) is 30.1. The van der Waals surface area contributed by atoms with Gasteiger partial charge in [-0.05, 0) is 32.6 Å². The van der Waals surface area contributed by atoms with E-state index in [4.69, 9.17) is 4.42 Å². The molecule has 0 aromatic carbocycles. The second kappa shape index (κ2) is 6.31. The molecule has 2 fully saturated rings. The van der Waals surface area contributed by atoms with Crippen molar-refractivity contribution in [2.24, 2.45) is 0 Å². The van der Waals surface area contributed by atoms with Gasteiger partial charge in [-0.15, -0.1) is 0 Å². The van der Waals surface area contributed by atoms with Crippen LogP contribution >= 0.6 is 0 Å². The first-order chi connectivity index (χ1) is 11.0. The smallest absolute Gasteiger partial charge is 0.320 e. The molecule has 1 aromatic rings. The zero-order valence-electron chi connectivity index (χ0n) is 13.5. The molecular formula is C16H23N3O4. The number of nitrogens with one attached hydrogen (secondary N) is 1. The predicted octanol–water partition coefficient (Wildman–Crippen LogP) is 1.24. The minimum atomic E-state index is -0.828. The van der Waals surface area contributed by atoms with E-state index >= 15 is 0 Å². The van der Waals surface area contributed by atoms with Crippen LogP contribution in [0.15, 0.2) is 4.42 Å². The van der Waals surface area contributed by atoms with Crippen LogP contribution in [0.2, 0.25) is 0 Å². The van der Waals surface area contributed by atoms with E-state index in [1.165, 1.54) is 0 Å². The van der Waals surface area contributed by atoms with Gasteiger partial charge in [0, 0.05) is 12.5 Å². The molecule has 7 nitrogen and oxygen atoms in total. The predicted molar refractivity (Wildman–Crippen MR) is 81.8 cm³/mol. The first-order valence-corrected chi connectivity index (χ1v) is 8.24. The molecule has 2 aliphatic rings. The van der Waals surface area contributed by atoms with Gasteiger partial charge < -0.3 is 14.8 Å². The fourth-order valence-electron chi connectivity index (χ4n) is 3.32. The molecule has 0 bridgehead atoms. The van der Waals surface area contributed by atoms with Crippen molar-refractivity contribution in [3.8, 4) is 0 Å². The molecule has 2 N–H and O–H groups in total. The second-order valence-electron chi connectivity index (χ2n) is 6.31. The maximum Gasteiger partial charge on any atom is 0.320 e. The molecule has 2 unspecified atom stereocenters. The highest BCUT2D eigenvalue weighted by atomic mass is 16.4. The number of likely N-dealkylation sites (tertiary alicyclic amines) is 1. The summed E-state index contributed by atoms with van der Waals surface area (Å²) in [6, 6.07) is -0.637. The summed E-state index contributed by atoms with van der Waals surface area (Å²) in [6.07, 6.45) is 3.80. The summed E-state index contributed by atoms with van der Waals surface area (Å²) in [5.41, 5.74) is 0.788. The third kappa shape index (κ3) is 3.24. The van der Waals surface area contributed by atoms with Gasteiger partial charge >= 0.3 is 5.97 Å². The van der Waals surface area contributed by atoms with Gasteiger partial charge in [-0.25, -0.2) is 4.98 Å². The van der Waals surface area contributed by atoms with E-state index in [9.17, 15) is 14.7 Å². The summed E-state index contributed by atoms with van der Waals surface area (Å²) in [5, 5.41) is 12.2. The van der Waals surface area contributed by atoms with Crippen molar-refractivity contribution in [2.75, 3.05) is 0 Å². The molecule has 0 radical (unpaired) electrons. The summed E-state index contributed by atoms with van der Waals surface area (Å²) >= 11 is 0. The van der Waals surface area contributed by atoms with Gasteiger partial charge in [-0.1, -0.05) is 6.92 Å². The lowest BCUT2D eigenvalue weighted by Crippen LogP contribution is -2.49. The van der Waals surface area contributed by atoms with Crippen molar-refractivity contribution in [1.29, 1.82) is 0 Å². The second-order valence-corrected chi connectivity index (χ2v) is 6.31. The Morgan fingerprint density at radius 2 is 2.00 bits per heavy atom. The van der Waals surface area contributed by atoms with Crippen molar-refractivity contribution < 1.29 is 19.1 Å². The number of carboxylic acids is 1. The zero-order chi connectivity index (χ0) is 16.6. The van der Waals surface area contributed by atoms with Gasteiger partial charge in [0.05, 0.1) is 18.3 Å². The lowest BCUT2D eigenvalue weighted by Gasteiger charge is -2.27. The molecule has 0 spiro atoms. The lowest BCUT2D eigenvalue weighted by molar-refractivity contribution is -0.143. The number of carbonyl (C=O) groups excluding carboxylic acids is 1. The molecule has 2 heterocycles. The fraction of sp³-hybridized carbons (Fsp3) is 0.688. The maximum atomic E-state index is 12.5. The minimum Gasteiger partial charge on any atom is -0.480 e. The molecule has 1 saturated heterocycles. The molecule has 1 aliphatic carbocycles. The average molecular weight is 321 g/mol. The van der Waals surface area contributed by atoms with Gasteiger partial charge in [0.15, 0.2) is 5.89 Å². The molecular weight excluding hydrogens is 298 g/mol. The summed E-state index contributed by atoms with van der Waals surface area (Å²) in [5.74, 6) is 0.388. The van der Waals surface area contributed by atoms with Crippen molar-refractivity contribution in [3.63, 3.8) is 0 Å². The summed E-state index contributed by atoms with van der Waals surface area (Å²) in [7, 11) is 0. The Balaban J connectivity index is 1.63. The van der Waals surface area contributed by atoms with Crippen LogP contribution in [0.4, 0.5) is 0 Å². The quantitative estimate of drug-likeness (QED) is 0.818. The molecule has 126 valence electrons. The molecule has 7 heteroatoms. The Morgan fingerprint density at radius 3 is 2.57 bits per heavy atom. The van der Waals surface area contributed by atoms with Gasteiger partial charge in [-0.2, -0.15) is 0 Å². The topological polar surface area (TPSA) is 95.7 Å². The third-order valence-corrected chi connectivity index (χ3v) is 4.65. The van der Waals surface area contributed by atoms with Gasteiger partial charge in [0.2, 0.25) is 5.91 Å². The standard InChI is InChI=1S/C16H23N3O4/c1-3-14-18-9(2)13(23-14)8-17-15(20)11-6-7-12(16(21)22)19(11)10-4-5-10/h10-12H,3-8H2,1-2H3,(H,17,20)(H,21,22). The van der Waals surface area contributed by atoms with E-state index in [0.29, 0.717) is 37.5 Å². The lowest BCUT2D eigenvalue weighted by atomic mass is 10.2. The third-order valence-electron chi connectivity index (χ3n) is 4.65. The van der Waals surface area contributed by atoms with E-state index in [1.807, 2.05) is 18.7 Å². The van der Waals surface area contributed by atoms with E-state index in [1.54, 1.807) is 0 Å². The van der Waals surface area contributed by atoms with Gasteiger partial charge in [0.25, 0.3) is 0 Å². The first kappa shape index (κ1) is 16.0. The van der Waals surface area contributed by atoms with Crippen LogP contribution in [0.1, 0.15) is 50.0 Å². The molecule has 2 atom stereocenters. The number of carbonyl (C=O) groups is 2. The van der Waals surface area contributed by atoms with Crippen LogP contribution in [0.25, 0.3) is 0 Å². The van der Waals surface area contributed by atoms with Crippen LogP contribution in [0, 0.1) is 6.92 Å². The Kier molecular flexibility index (Phi) is 4.39. The number of aromatic nitrogens is 1. The molecule has 1 aromatic heterocycles. The van der Waals surface area contributed by atoms with E-state index < -0.39 is 12.0 Å². The largest absolute Gasteiger partial charge is 0.480 e. The Bertz CT molecular complexity index is 608. The van der Waals surface area contributed by atoms with Crippen LogP contribution in [0.3, 0.4) is 0 Å².